The third-order valence-electron chi connectivity index (χ3n) is 5.51. The summed E-state index contributed by atoms with van der Waals surface area (Å²) in [6, 6.07) is 5.17. The zero-order valence-corrected chi connectivity index (χ0v) is 16.3. The molecule has 2 aliphatic rings. The van der Waals surface area contributed by atoms with Gasteiger partial charge < -0.3 is 19.4 Å². The number of rotatable bonds is 6. The summed E-state index contributed by atoms with van der Waals surface area (Å²) in [5.74, 6) is 0.693. The van der Waals surface area contributed by atoms with Gasteiger partial charge in [-0.25, -0.2) is 0 Å². The highest BCUT2D eigenvalue weighted by molar-refractivity contribution is 5.88. The minimum absolute atomic E-state index is 0.0177. The van der Waals surface area contributed by atoms with Crippen LogP contribution in [0.1, 0.15) is 24.8 Å². The molecule has 2 aromatic heterocycles. The van der Waals surface area contributed by atoms with Crippen LogP contribution in [0.15, 0.2) is 47.5 Å². The van der Waals surface area contributed by atoms with E-state index in [1.54, 1.807) is 24.9 Å². The molecule has 0 aromatic carbocycles. The predicted molar refractivity (Wildman–Crippen MR) is 105 cm³/mol. The van der Waals surface area contributed by atoms with E-state index in [9.17, 15) is 9.59 Å². The van der Waals surface area contributed by atoms with Gasteiger partial charge in [0.2, 0.25) is 11.8 Å². The number of carbonyl (C=O) groups is 2. The third-order valence-corrected chi connectivity index (χ3v) is 5.51. The van der Waals surface area contributed by atoms with Crippen LogP contribution in [-0.2, 0) is 16.1 Å². The molecule has 2 aliphatic heterocycles. The van der Waals surface area contributed by atoms with Gasteiger partial charge >= 0.3 is 0 Å². The standard InChI is InChI=1S/C21H26N4O4/c26-20(24-8-3-17(4-9-24)29-18-2-1-6-22-13-18)12-19-21(27)23-7-10-25(19)14-16-5-11-28-15-16/h1-2,5-6,11,13,15,17,19H,3-4,7-10,12,14H2,(H,23,27). The van der Waals surface area contributed by atoms with Gasteiger partial charge in [-0.3, -0.25) is 19.5 Å². The molecule has 1 unspecified atom stereocenters. The maximum atomic E-state index is 12.9. The average molecular weight is 398 g/mol. The number of furan rings is 1. The lowest BCUT2D eigenvalue weighted by molar-refractivity contribution is -0.140. The first-order chi connectivity index (χ1) is 14.2. The van der Waals surface area contributed by atoms with Crippen molar-refractivity contribution < 1.29 is 18.7 Å². The molecule has 29 heavy (non-hydrogen) atoms. The normalized spacial score (nSPS) is 21.0. The molecule has 4 heterocycles. The fraction of sp³-hybridized carbons (Fsp3) is 0.476. The van der Waals surface area contributed by atoms with E-state index in [2.05, 4.69) is 15.2 Å². The zero-order valence-electron chi connectivity index (χ0n) is 16.3. The molecular weight excluding hydrogens is 372 g/mol. The number of piperazine rings is 1. The van der Waals surface area contributed by atoms with Crippen molar-refractivity contribution in [3.05, 3.63) is 48.7 Å². The Labute approximate surface area is 169 Å². The van der Waals surface area contributed by atoms with Crippen LogP contribution in [0.25, 0.3) is 0 Å². The molecule has 2 aromatic rings. The number of amides is 2. The van der Waals surface area contributed by atoms with Crippen molar-refractivity contribution in [1.29, 1.82) is 0 Å². The molecule has 0 saturated carbocycles. The van der Waals surface area contributed by atoms with Crippen LogP contribution in [-0.4, -0.2) is 64.9 Å². The van der Waals surface area contributed by atoms with Crippen molar-refractivity contribution in [2.45, 2.75) is 38.0 Å². The smallest absolute Gasteiger partial charge is 0.237 e. The molecule has 8 heteroatoms. The Bertz CT molecular complexity index is 803. The summed E-state index contributed by atoms with van der Waals surface area (Å²) < 4.78 is 11.1. The highest BCUT2D eigenvalue weighted by atomic mass is 16.5. The van der Waals surface area contributed by atoms with Gasteiger partial charge in [-0.2, -0.15) is 0 Å². The van der Waals surface area contributed by atoms with Gasteiger partial charge in [0.05, 0.1) is 31.2 Å². The van der Waals surface area contributed by atoms with Crippen LogP contribution in [0.2, 0.25) is 0 Å². The van der Waals surface area contributed by atoms with Crippen molar-refractivity contribution in [2.75, 3.05) is 26.2 Å². The number of hydrogen-bond donors (Lipinski definition) is 1. The number of ether oxygens (including phenoxy) is 1. The van der Waals surface area contributed by atoms with E-state index >= 15 is 0 Å². The van der Waals surface area contributed by atoms with Gasteiger partial charge in [0.1, 0.15) is 11.9 Å². The first-order valence-corrected chi connectivity index (χ1v) is 10.1. The van der Waals surface area contributed by atoms with Crippen molar-refractivity contribution in [1.82, 2.24) is 20.1 Å². The molecule has 2 fully saturated rings. The van der Waals surface area contributed by atoms with Crippen LogP contribution in [0.3, 0.4) is 0 Å². The number of likely N-dealkylation sites (tertiary alicyclic amines) is 1. The maximum Gasteiger partial charge on any atom is 0.237 e. The van der Waals surface area contributed by atoms with Gasteiger partial charge in [-0.15, -0.1) is 0 Å². The summed E-state index contributed by atoms with van der Waals surface area (Å²) in [4.78, 5) is 33.3. The highest BCUT2D eigenvalue weighted by Crippen LogP contribution is 2.20. The van der Waals surface area contributed by atoms with Crippen LogP contribution in [0.4, 0.5) is 0 Å². The Balaban J connectivity index is 1.30. The second-order valence-electron chi connectivity index (χ2n) is 7.50. The maximum absolute atomic E-state index is 12.9. The molecule has 2 saturated heterocycles. The molecule has 154 valence electrons. The van der Waals surface area contributed by atoms with E-state index in [1.165, 1.54) is 0 Å². The largest absolute Gasteiger partial charge is 0.489 e. The number of piperidine rings is 1. The topological polar surface area (TPSA) is 87.9 Å². The lowest BCUT2D eigenvalue weighted by Gasteiger charge is -2.37. The number of nitrogens with zero attached hydrogens (tertiary/aromatic N) is 3. The Hall–Kier alpha value is -2.87. The molecule has 8 nitrogen and oxygen atoms in total. The Morgan fingerprint density at radius 2 is 2.14 bits per heavy atom. The lowest BCUT2D eigenvalue weighted by atomic mass is 10.0. The monoisotopic (exact) mass is 398 g/mol. The van der Waals surface area contributed by atoms with Crippen LogP contribution in [0.5, 0.6) is 5.75 Å². The lowest BCUT2D eigenvalue weighted by Crippen LogP contribution is -2.56. The number of pyridine rings is 1. The number of hydrogen-bond acceptors (Lipinski definition) is 6. The molecular formula is C21H26N4O4. The van der Waals surface area contributed by atoms with Crippen molar-refractivity contribution in [3.8, 4) is 5.75 Å². The third kappa shape index (κ3) is 4.95. The summed E-state index contributed by atoms with van der Waals surface area (Å²) in [5.41, 5.74) is 1.01. The average Bonchev–Trinajstić information content (AvgIpc) is 3.25. The van der Waals surface area contributed by atoms with E-state index < -0.39 is 6.04 Å². The SMILES string of the molecule is O=C1NCCN(Cc2ccoc2)C1CC(=O)N1CCC(Oc2cccnc2)CC1. The van der Waals surface area contributed by atoms with Gasteiger partial charge in [0, 0.05) is 57.3 Å². The Morgan fingerprint density at radius 3 is 2.86 bits per heavy atom. The minimum atomic E-state index is -0.449. The van der Waals surface area contributed by atoms with Gasteiger partial charge in [0.25, 0.3) is 0 Å². The van der Waals surface area contributed by atoms with Crippen LogP contribution >= 0.6 is 0 Å². The highest BCUT2D eigenvalue weighted by Gasteiger charge is 2.34. The summed E-state index contributed by atoms with van der Waals surface area (Å²) in [6.45, 7) is 3.19. The van der Waals surface area contributed by atoms with Gasteiger partial charge in [0.15, 0.2) is 0 Å². The fourth-order valence-corrected chi connectivity index (χ4v) is 3.92. The zero-order chi connectivity index (χ0) is 20.1. The van der Waals surface area contributed by atoms with E-state index in [0.29, 0.717) is 26.2 Å². The predicted octanol–water partition coefficient (Wildman–Crippen LogP) is 1.44. The molecule has 1 atom stereocenters. The van der Waals surface area contributed by atoms with Gasteiger partial charge in [-0.1, -0.05) is 0 Å². The summed E-state index contributed by atoms with van der Waals surface area (Å²) in [5, 5.41) is 2.88. The minimum Gasteiger partial charge on any atom is -0.489 e. The summed E-state index contributed by atoms with van der Waals surface area (Å²) in [7, 11) is 0. The Kier molecular flexibility index (Phi) is 6.09. The molecule has 1 N–H and O–H groups in total. The van der Waals surface area contributed by atoms with E-state index in [4.69, 9.17) is 9.15 Å². The van der Waals surface area contributed by atoms with E-state index in [-0.39, 0.29) is 24.3 Å². The van der Waals surface area contributed by atoms with Crippen LogP contribution < -0.4 is 10.1 Å². The van der Waals surface area contributed by atoms with Crippen molar-refractivity contribution in [2.24, 2.45) is 0 Å². The van der Waals surface area contributed by atoms with Gasteiger partial charge in [-0.05, 0) is 18.2 Å². The number of nitrogens with one attached hydrogen (secondary N) is 1. The first-order valence-electron chi connectivity index (χ1n) is 10.1. The second-order valence-corrected chi connectivity index (χ2v) is 7.50. The van der Waals surface area contributed by atoms with Crippen LogP contribution in [0, 0.1) is 0 Å². The second kappa shape index (κ2) is 9.09. The van der Waals surface area contributed by atoms with E-state index in [0.717, 1.165) is 30.7 Å². The Morgan fingerprint density at radius 1 is 1.28 bits per heavy atom. The molecule has 2 amide bonds. The quantitative estimate of drug-likeness (QED) is 0.792. The van der Waals surface area contributed by atoms with Crippen molar-refractivity contribution >= 4 is 11.8 Å². The number of carbonyl (C=O) groups excluding carboxylic acids is 2. The van der Waals surface area contributed by atoms with Crippen molar-refractivity contribution in [3.63, 3.8) is 0 Å². The summed E-state index contributed by atoms with van der Waals surface area (Å²) >= 11 is 0. The van der Waals surface area contributed by atoms with E-state index in [1.807, 2.05) is 23.1 Å². The first kappa shape index (κ1) is 19.4. The molecule has 0 spiro atoms. The molecule has 0 aliphatic carbocycles. The fourth-order valence-electron chi connectivity index (χ4n) is 3.92. The number of aromatic nitrogens is 1. The molecule has 0 bridgehead atoms. The molecule has 0 radical (unpaired) electrons. The summed E-state index contributed by atoms with van der Waals surface area (Å²) in [6.07, 6.45) is 8.54. The molecule has 4 rings (SSSR count).